The molecule has 142 valence electrons. The second-order valence-electron chi connectivity index (χ2n) is 5.34. The standard InChI is InChI=1S/C19H16F3NO4/c1-26-16-7-3-6-15(11-16)23-17(24)12-27-18(25)9-8-13-4-2-5-14(10-13)19(20,21)22/h2-11H,12H2,1H3,(H,23,24)/b9-8+. The molecule has 0 heterocycles. The Balaban J connectivity index is 1.86. The smallest absolute Gasteiger partial charge is 0.416 e. The number of amides is 1. The highest BCUT2D eigenvalue weighted by atomic mass is 19.4. The van der Waals surface area contributed by atoms with Crippen LogP contribution >= 0.6 is 0 Å². The van der Waals surface area contributed by atoms with Gasteiger partial charge in [-0.2, -0.15) is 13.2 Å². The molecular weight excluding hydrogens is 363 g/mol. The molecule has 1 N–H and O–H groups in total. The van der Waals surface area contributed by atoms with E-state index in [1.165, 1.54) is 25.3 Å². The van der Waals surface area contributed by atoms with E-state index in [1.54, 1.807) is 24.3 Å². The average Bonchev–Trinajstić information content (AvgIpc) is 2.64. The number of anilines is 1. The summed E-state index contributed by atoms with van der Waals surface area (Å²) in [5.41, 5.74) is -0.173. The second kappa shape index (κ2) is 8.88. The van der Waals surface area contributed by atoms with Gasteiger partial charge in [0.05, 0.1) is 12.7 Å². The molecule has 8 heteroatoms. The molecule has 2 rings (SSSR count). The lowest BCUT2D eigenvalue weighted by atomic mass is 10.1. The van der Waals surface area contributed by atoms with Crippen LogP contribution in [0, 0.1) is 0 Å². The van der Waals surface area contributed by atoms with Crippen molar-refractivity contribution in [2.45, 2.75) is 6.18 Å². The molecule has 0 aliphatic carbocycles. The predicted octanol–water partition coefficient (Wildman–Crippen LogP) is 3.91. The summed E-state index contributed by atoms with van der Waals surface area (Å²) in [6, 6.07) is 11.1. The highest BCUT2D eigenvalue weighted by Crippen LogP contribution is 2.29. The summed E-state index contributed by atoms with van der Waals surface area (Å²) in [6.07, 6.45) is -2.34. The summed E-state index contributed by atoms with van der Waals surface area (Å²) in [5, 5.41) is 2.52. The van der Waals surface area contributed by atoms with Crippen LogP contribution in [0.5, 0.6) is 5.75 Å². The van der Waals surface area contributed by atoms with Crippen LogP contribution in [-0.2, 0) is 20.5 Å². The van der Waals surface area contributed by atoms with Crippen molar-refractivity contribution in [2.24, 2.45) is 0 Å². The van der Waals surface area contributed by atoms with Crippen LogP contribution in [0.4, 0.5) is 18.9 Å². The Morgan fingerprint density at radius 3 is 2.56 bits per heavy atom. The summed E-state index contributed by atoms with van der Waals surface area (Å²) in [4.78, 5) is 23.4. The summed E-state index contributed by atoms with van der Waals surface area (Å²) >= 11 is 0. The highest BCUT2D eigenvalue weighted by molar-refractivity contribution is 5.94. The lowest BCUT2D eigenvalue weighted by Gasteiger charge is -2.07. The molecule has 2 aromatic rings. The number of hydrogen-bond donors (Lipinski definition) is 1. The number of benzene rings is 2. The number of carbonyl (C=O) groups excluding carboxylic acids is 2. The minimum absolute atomic E-state index is 0.183. The van der Waals surface area contributed by atoms with Gasteiger partial charge in [0.25, 0.3) is 5.91 Å². The molecule has 27 heavy (non-hydrogen) atoms. The molecule has 0 atom stereocenters. The largest absolute Gasteiger partial charge is 0.497 e. The summed E-state index contributed by atoms with van der Waals surface area (Å²) in [5.74, 6) is -0.869. The maximum Gasteiger partial charge on any atom is 0.416 e. The van der Waals surface area contributed by atoms with Crippen LogP contribution in [0.2, 0.25) is 0 Å². The fourth-order valence-corrected chi connectivity index (χ4v) is 2.07. The molecule has 2 aromatic carbocycles. The van der Waals surface area contributed by atoms with Gasteiger partial charge in [-0.05, 0) is 35.9 Å². The average molecular weight is 379 g/mol. The van der Waals surface area contributed by atoms with Crippen LogP contribution in [0.1, 0.15) is 11.1 Å². The predicted molar refractivity (Wildman–Crippen MR) is 93.1 cm³/mol. The van der Waals surface area contributed by atoms with Gasteiger partial charge >= 0.3 is 12.1 Å². The van der Waals surface area contributed by atoms with E-state index in [0.717, 1.165) is 18.2 Å². The van der Waals surface area contributed by atoms with Crippen LogP contribution in [-0.4, -0.2) is 25.6 Å². The van der Waals surface area contributed by atoms with E-state index < -0.39 is 30.2 Å². The minimum Gasteiger partial charge on any atom is -0.497 e. The number of methoxy groups -OCH3 is 1. The molecule has 0 saturated carbocycles. The molecule has 0 aromatic heterocycles. The molecule has 0 unspecified atom stereocenters. The zero-order valence-electron chi connectivity index (χ0n) is 14.2. The maximum atomic E-state index is 12.6. The van der Waals surface area contributed by atoms with Crippen molar-refractivity contribution >= 4 is 23.6 Å². The quantitative estimate of drug-likeness (QED) is 0.611. The first-order valence-electron chi connectivity index (χ1n) is 7.74. The Morgan fingerprint density at radius 1 is 1.11 bits per heavy atom. The number of nitrogens with one attached hydrogen (secondary N) is 1. The zero-order chi connectivity index (χ0) is 19.9. The number of hydrogen-bond acceptors (Lipinski definition) is 4. The topological polar surface area (TPSA) is 64.6 Å². The van der Waals surface area contributed by atoms with E-state index in [1.807, 2.05) is 0 Å². The first kappa shape index (κ1) is 20.0. The summed E-state index contributed by atoms with van der Waals surface area (Å²) < 4.78 is 47.7. The molecule has 0 bridgehead atoms. The first-order valence-corrected chi connectivity index (χ1v) is 7.74. The van der Waals surface area contributed by atoms with Crippen LogP contribution in [0.15, 0.2) is 54.6 Å². The SMILES string of the molecule is COc1cccc(NC(=O)COC(=O)/C=C/c2cccc(C(F)(F)F)c2)c1. The number of esters is 1. The van der Waals surface area contributed by atoms with Crippen molar-refractivity contribution in [1.82, 2.24) is 0 Å². The van der Waals surface area contributed by atoms with Gasteiger partial charge in [0.15, 0.2) is 6.61 Å². The van der Waals surface area contributed by atoms with Gasteiger partial charge in [-0.3, -0.25) is 4.79 Å². The van der Waals surface area contributed by atoms with E-state index >= 15 is 0 Å². The summed E-state index contributed by atoms with van der Waals surface area (Å²) in [6.45, 7) is -0.539. The molecule has 0 saturated heterocycles. The Kier molecular flexibility index (Phi) is 6.59. The minimum atomic E-state index is -4.47. The number of alkyl halides is 3. The number of ether oxygens (including phenoxy) is 2. The molecule has 0 fully saturated rings. The highest BCUT2D eigenvalue weighted by Gasteiger charge is 2.30. The van der Waals surface area contributed by atoms with E-state index in [4.69, 9.17) is 9.47 Å². The second-order valence-corrected chi connectivity index (χ2v) is 5.34. The van der Waals surface area contributed by atoms with Crippen LogP contribution < -0.4 is 10.1 Å². The lowest BCUT2D eigenvalue weighted by Crippen LogP contribution is -2.20. The van der Waals surface area contributed by atoms with Gasteiger partial charge in [0.1, 0.15) is 5.75 Å². The monoisotopic (exact) mass is 379 g/mol. The third-order valence-corrected chi connectivity index (χ3v) is 3.32. The van der Waals surface area contributed by atoms with E-state index in [0.29, 0.717) is 11.4 Å². The first-order chi connectivity index (χ1) is 12.8. The van der Waals surface area contributed by atoms with Gasteiger partial charge in [0, 0.05) is 17.8 Å². The van der Waals surface area contributed by atoms with Crippen molar-refractivity contribution in [3.05, 3.63) is 65.7 Å². The molecule has 0 aliphatic rings. The Hall–Kier alpha value is -3.29. The fourth-order valence-electron chi connectivity index (χ4n) is 2.07. The molecule has 0 spiro atoms. The van der Waals surface area contributed by atoms with Crippen molar-refractivity contribution in [2.75, 3.05) is 19.0 Å². The normalized spacial score (nSPS) is 11.3. The Labute approximate surface area is 153 Å². The Morgan fingerprint density at radius 2 is 1.85 bits per heavy atom. The number of rotatable bonds is 6. The van der Waals surface area contributed by atoms with Crippen molar-refractivity contribution in [1.29, 1.82) is 0 Å². The third-order valence-electron chi connectivity index (χ3n) is 3.32. The van der Waals surface area contributed by atoms with E-state index in [-0.39, 0.29) is 5.56 Å². The molecule has 0 radical (unpaired) electrons. The molecular formula is C19H16F3NO4. The summed E-state index contributed by atoms with van der Waals surface area (Å²) in [7, 11) is 1.49. The van der Waals surface area contributed by atoms with Gasteiger partial charge in [-0.15, -0.1) is 0 Å². The van der Waals surface area contributed by atoms with Crippen molar-refractivity contribution in [3.63, 3.8) is 0 Å². The van der Waals surface area contributed by atoms with Gasteiger partial charge in [-0.25, -0.2) is 4.79 Å². The maximum absolute atomic E-state index is 12.6. The van der Waals surface area contributed by atoms with Gasteiger partial charge in [-0.1, -0.05) is 18.2 Å². The number of halogens is 3. The molecule has 5 nitrogen and oxygen atoms in total. The van der Waals surface area contributed by atoms with E-state index in [9.17, 15) is 22.8 Å². The van der Waals surface area contributed by atoms with Gasteiger partial charge < -0.3 is 14.8 Å². The lowest BCUT2D eigenvalue weighted by molar-refractivity contribution is -0.142. The van der Waals surface area contributed by atoms with Crippen molar-refractivity contribution in [3.8, 4) is 5.75 Å². The zero-order valence-corrected chi connectivity index (χ0v) is 14.2. The molecule has 1 amide bonds. The van der Waals surface area contributed by atoms with E-state index in [2.05, 4.69) is 5.32 Å². The third kappa shape index (κ3) is 6.50. The Bertz CT molecular complexity index is 847. The number of carbonyl (C=O) groups is 2. The van der Waals surface area contributed by atoms with Gasteiger partial charge in [0.2, 0.25) is 0 Å². The van der Waals surface area contributed by atoms with Crippen molar-refractivity contribution < 1.29 is 32.2 Å². The molecule has 0 aliphatic heterocycles. The van der Waals surface area contributed by atoms with Crippen LogP contribution in [0.3, 0.4) is 0 Å². The van der Waals surface area contributed by atoms with Crippen LogP contribution in [0.25, 0.3) is 6.08 Å². The fraction of sp³-hybridized carbons (Fsp3) is 0.158.